The second-order valence-corrected chi connectivity index (χ2v) is 5.78. The topological polar surface area (TPSA) is 88.5 Å². The fourth-order valence-corrected chi connectivity index (χ4v) is 2.93. The summed E-state index contributed by atoms with van der Waals surface area (Å²) in [6, 6.07) is 11.2. The van der Waals surface area contributed by atoms with Crippen LogP contribution in [0, 0.1) is 0 Å². The van der Waals surface area contributed by atoms with Crippen molar-refractivity contribution in [3.63, 3.8) is 0 Å². The van der Waals surface area contributed by atoms with E-state index >= 15 is 0 Å². The van der Waals surface area contributed by atoms with E-state index in [4.69, 9.17) is 10.8 Å². The summed E-state index contributed by atoms with van der Waals surface area (Å²) in [7, 11) is 0. The van der Waals surface area contributed by atoms with E-state index in [2.05, 4.69) is 15.2 Å². The standard InChI is InChI=1S/C17H18N6O/c18-17(24)13-3-1-12(2-4-13)14-11-20-15-5-6-16(21-23(14)15)22-9-7-19-8-10-22/h1-6,11,19H,7-10H2,(H2,18,24). The lowest BCUT2D eigenvalue weighted by Crippen LogP contribution is -2.44. The Kier molecular flexibility index (Phi) is 3.62. The second kappa shape index (κ2) is 5.93. The third-order valence-electron chi connectivity index (χ3n) is 4.25. The molecule has 1 aliphatic heterocycles. The van der Waals surface area contributed by atoms with Crippen LogP contribution >= 0.6 is 0 Å². The molecule has 2 aromatic heterocycles. The highest BCUT2D eigenvalue weighted by Crippen LogP contribution is 2.22. The molecule has 7 nitrogen and oxygen atoms in total. The predicted octanol–water partition coefficient (Wildman–Crippen LogP) is 0.905. The van der Waals surface area contributed by atoms with Crippen LogP contribution in [0.25, 0.3) is 16.9 Å². The minimum absolute atomic E-state index is 0.432. The van der Waals surface area contributed by atoms with Gasteiger partial charge >= 0.3 is 0 Å². The molecule has 0 radical (unpaired) electrons. The maximum atomic E-state index is 11.2. The molecule has 1 aromatic carbocycles. The smallest absolute Gasteiger partial charge is 0.248 e. The van der Waals surface area contributed by atoms with Gasteiger partial charge in [0.2, 0.25) is 5.91 Å². The predicted molar refractivity (Wildman–Crippen MR) is 92.0 cm³/mol. The average molecular weight is 322 g/mol. The Bertz CT molecular complexity index is 880. The number of benzene rings is 1. The third-order valence-corrected chi connectivity index (χ3v) is 4.25. The molecule has 1 saturated heterocycles. The van der Waals surface area contributed by atoms with Crippen LogP contribution in [0.4, 0.5) is 5.82 Å². The van der Waals surface area contributed by atoms with Crippen LogP contribution in [-0.2, 0) is 0 Å². The number of imidazole rings is 1. The Balaban J connectivity index is 1.73. The van der Waals surface area contributed by atoms with Crippen LogP contribution in [0.15, 0.2) is 42.6 Å². The van der Waals surface area contributed by atoms with E-state index in [0.717, 1.165) is 48.9 Å². The van der Waals surface area contributed by atoms with Crippen molar-refractivity contribution in [2.45, 2.75) is 0 Å². The number of nitrogens with two attached hydrogens (primary N) is 1. The largest absolute Gasteiger partial charge is 0.366 e. The summed E-state index contributed by atoms with van der Waals surface area (Å²) >= 11 is 0. The zero-order valence-corrected chi connectivity index (χ0v) is 13.1. The second-order valence-electron chi connectivity index (χ2n) is 5.78. The number of amides is 1. The van der Waals surface area contributed by atoms with E-state index in [0.29, 0.717) is 5.56 Å². The summed E-state index contributed by atoms with van der Waals surface area (Å²) in [5.41, 5.74) is 8.41. The number of carbonyl (C=O) groups excluding carboxylic acids is 1. The number of anilines is 1. The molecule has 7 heteroatoms. The van der Waals surface area contributed by atoms with Crippen molar-refractivity contribution in [3.8, 4) is 11.3 Å². The highest BCUT2D eigenvalue weighted by Gasteiger charge is 2.14. The summed E-state index contributed by atoms with van der Waals surface area (Å²) in [6.07, 6.45) is 1.79. The van der Waals surface area contributed by atoms with E-state index in [1.807, 2.05) is 28.8 Å². The first-order valence-electron chi connectivity index (χ1n) is 7.93. The van der Waals surface area contributed by atoms with Gasteiger partial charge in [-0.3, -0.25) is 4.79 Å². The first kappa shape index (κ1) is 14.6. The lowest BCUT2D eigenvalue weighted by atomic mass is 10.1. The first-order chi connectivity index (χ1) is 11.7. The number of primary amides is 1. The van der Waals surface area contributed by atoms with Crippen molar-refractivity contribution < 1.29 is 4.79 Å². The molecule has 1 aliphatic rings. The Morgan fingerprint density at radius 2 is 1.83 bits per heavy atom. The van der Waals surface area contributed by atoms with E-state index in [9.17, 15) is 4.79 Å². The number of hydrogen-bond donors (Lipinski definition) is 2. The molecule has 3 heterocycles. The van der Waals surface area contributed by atoms with Gasteiger partial charge in [-0.15, -0.1) is 5.10 Å². The van der Waals surface area contributed by atoms with Crippen LogP contribution in [0.2, 0.25) is 0 Å². The molecular formula is C17H18N6O. The number of nitrogens with one attached hydrogen (secondary N) is 1. The number of carbonyl (C=O) groups is 1. The summed E-state index contributed by atoms with van der Waals surface area (Å²) in [5, 5.41) is 8.10. The molecule has 3 N–H and O–H groups in total. The summed E-state index contributed by atoms with van der Waals surface area (Å²) in [6.45, 7) is 3.81. The zero-order valence-electron chi connectivity index (χ0n) is 13.1. The molecule has 0 bridgehead atoms. The van der Waals surface area contributed by atoms with Crippen molar-refractivity contribution >= 4 is 17.4 Å². The van der Waals surface area contributed by atoms with Crippen LogP contribution in [0.5, 0.6) is 0 Å². The van der Waals surface area contributed by atoms with Gasteiger partial charge in [0.15, 0.2) is 5.65 Å². The Morgan fingerprint density at radius 3 is 2.54 bits per heavy atom. The third kappa shape index (κ3) is 2.59. The van der Waals surface area contributed by atoms with E-state index < -0.39 is 5.91 Å². The minimum atomic E-state index is -0.432. The van der Waals surface area contributed by atoms with Crippen molar-refractivity contribution in [1.29, 1.82) is 0 Å². The molecule has 0 saturated carbocycles. The van der Waals surface area contributed by atoms with E-state index in [1.54, 1.807) is 18.3 Å². The van der Waals surface area contributed by atoms with Gasteiger partial charge in [0.25, 0.3) is 0 Å². The van der Waals surface area contributed by atoms with Gasteiger partial charge in [-0.1, -0.05) is 12.1 Å². The highest BCUT2D eigenvalue weighted by molar-refractivity contribution is 5.93. The first-order valence-corrected chi connectivity index (χ1v) is 7.93. The molecule has 1 fully saturated rings. The summed E-state index contributed by atoms with van der Waals surface area (Å²) in [4.78, 5) is 17.9. The minimum Gasteiger partial charge on any atom is -0.366 e. The molecule has 1 amide bonds. The SMILES string of the molecule is NC(=O)c1ccc(-c2cnc3ccc(N4CCNCC4)nn23)cc1. The summed E-state index contributed by atoms with van der Waals surface area (Å²) in [5.74, 6) is 0.510. The number of nitrogens with zero attached hydrogens (tertiary/aromatic N) is 4. The maximum absolute atomic E-state index is 11.2. The fraction of sp³-hybridized carbons (Fsp3) is 0.235. The number of fused-ring (bicyclic) bond motifs is 1. The van der Waals surface area contributed by atoms with Gasteiger partial charge in [0.05, 0.1) is 11.9 Å². The normalized spacial score (nSPS) is 14.9. The van der Waals surface area contributed by atoms with Crippen LogP contribution < -0.4 is 16.0 Å². The quantitative estimate of drug-likeness (QED) is 0.748. The molecule has 24 heavy (non-hydrogen) atoms. The fourth-order valence-electron chi connectivity index (χ4n) is 2.93. The molecule has 0 spiro atoms. The molecule has 0 unspecified atom stereocenters. The lowest BCUT2D eigenvalue weighted by molar-refractivity contribution is 0.100. The zero-order chi connectivity index (χ0) is 16.5. The summed E-state index contributed by atoms with van der Waals surface area (Å²) < 4.78 is 1.84. The molecular weight excluding hydrogens is 304 g/mol. The van der Waals surface area contributed by atoms with Crippen LogP contribution in [0.1, 0.15) is 10.4 Å². The Labute approximate surface area is 139 Å². The van der Waals surface area contributed by atoms with Gasteiger partial charge in [0, 0.05) is 37.3 Å². The van der Waals surface area contributed by atoms with Crippen LogP contribution in [-0.4, -0.2) is 46.7 Å². The molecule has 3 aromatic rings. The maximum Gasteiger partial charge on any atom is 0.248 e. The Hall–Kier alpha value is -2.93. The van der Waals surface area contributed by atoms with E-state index in [1.165, 1.54) is 0 Å². The van der Waals surface area contributed by atoms with Gasteiger partial charge in [0.1, 0.15) is 5.82 Å². The van der Waals surface area contributed by atoms with Crippen molar-refractivity contribution in [2.75, 3.05) is 31.1 Å². The monoisotopic (exact) mass is 322 g/mol. The Morgan fingerprint density at radius 1 is 1.08 bits per heavy atom. The molecule has 4 rings (SSSR count). The van der Waals surface area contributed by atoms with Crippen molar-refractivity contribution in [1.82, 2.24) is 19.9 Å². The average Bonchev–Trinajstić information content (AvgIpc) is 3.05. The van der Waals surface area contributed by atoms with E-state index in [-0.39, 0.29) is 0 Å². The van der Waals surface area contributed by atoms with Crippen LogP contribution in [0.3, 0.4) is 0 Å². The van der Waals surface area contributed by atoms with Crippen molar-refractivity contribution in [3.05, 3.63) is 48.2 Å². The van der Waals surface area contributed by atoms with Gasteiger partial charge < -0.3 is 16.0 Å². The van der Waals surface area contributed by atoms with Gasteiger partial charge in [-0.2, -0.15) is 0 Å². The number of rotatable bonds is 3. The number of piperazine rings is 1. The molecule has 0 atom stereocenters. The molecule has 0 aliphatic carbocycles. The number of aromatic nitrogens is 3. The molecule has 122 valence electrons. The van der Waals surface area contributed by atoms with Crippen molar-refractivity contribution in [2.24, 2.45) is 5.73 Å². The van der Waals surface area contributed by atoms with Gasteiger partial charge in [-0.25, -0.2) is 9.50 Å². The highest BCUT2D eigenvalue weighted by atomic mass is 16.1. The number of hydrogen-bond acceptors (Lipinski definition) is 5. The lowest BCUT2D eigenvalue weighted by Gasteiger charge is -2.28. The van der Waals surface area contributed by atoms with Gasteiger partial charge in [-0.05, 0) is 24.3 Å².